The van der Waals surface area contributed by atoms with Crippen molar-refractivity contribution in [3.63, 3.8) is 0 Å². The van der Waals surface area contributed by atoms with Crippen molar-refractivity contribution in [2.75, 3.05) is 7.05 Å². The number of nitrogens with zero attached hydrogens (tertiary/aromatic N) is 1. The van der Waals surface area contributed by atoms with Gasteiger partial charge in [-0.15, -0.1) is 11.3 Å². The summed E-state index contributed by atoms with van der Waals surface area (Å²) in [4.78, 5) is 5.29. The Balaban J connectivity index is 1.96. The van der Waals surface area contributed by atoms with Gasteiger partial charge < -0.3 is 15.4 Å². The zero-order valence-electron chi connectivity index (χ0n) is 12.4. The Hall–Kier alpha value is -1.67. The number of halogens is 3. The highest BCUT2D eigenvalue weighted by molar-refractivity contribution is 9.10. The Morgan fingerprint density at radius 3 is 2.74 bits per heavy atom. The number of guanidine groups is 1. The number of nitrogens with one attached hydrogen (secondary N) is 2. The maximum absolute atomic E-state index is 12.5. The molecule has 4 nitrogen and oxygen atoms in total. The van der Waals surface area contributed by atoms with Crippen LogP contribution in [0.1, 0.15) is 10.4 Å². The van der Waals surface area contributed by atoms with Crippen LogP contribution in [0.2, 0.25) is 0 Å². The van der Waals surface area contributed by atoms with Gasteiger partial charge in [-0.1, -0.05) is 22.0 Å². The molecule has 0 bridgehead atoms. The van der Waals surface area contributed by atoms with Crippen molar-refractivity contribution in [1.29, 1.82) is 0 Å². The van der Waals surface area contributed by atoms with Gasteiger partial charge in [-0.3, -0.25) is 4.99 Å². The standard InChI is InChI=1S/C15H16BrF2N3OS/c1-19-15(21-9-12-3-2-6-23-12)20-8-10-7-11(16)4-5-13(10)22-14(17)18/h2-7,14H,8-9H2,1H3,(H2,19,20,21). The average Bonchev–Trinajstić information content (AvgIpc) is 3.03. The number of aliphatic imine (C=N–C) groups is 1. The molecular formula is C15H16BrF2N3OS. The third-order valence-corrected chi connectivity index (χ3v) is 4.29. The van der Waals surface area contributed by atoms with Crippen molar-refractivity contribution >= 4 is 33.2 Å². The predicted molar refractivity (Wildman–Crippen MR) is 92.1 cm³/mol. The van der Waals surface area contributed by atoms with E-state index in [1.54, 1.807) is 30.5 Å². The molecule has 0 atom stereocenters. The van der Waals surface area contributed by atoms with Gasteiger partial charge in [0.25, 0.3) is 0 Å². The average molecular weight is 404 g/mol. The van der Waals surface area contributed by atoms with E-state index >= 15 is 0 Å². The van der Waals surface area contributed by atoms with Gasteiger partial charge in [0, 0.05) is 28.5 Å². The highest BCUT2D eigenvalue weighted by atomic mass is 79.9. The molecule has 0 amide bonds. The minimum absolute atomic E-state index is 0.143. The molecule has 124 valence electrons. The van der Waals surface area contributed by atoms with E-state index in [2.05, 4.69) is 36.3 Å². The molecule has 1 aromatic heterocycles. The zero-order chi connectivity index (χ0) is 16.7. The molecule has 2 rings (SSSR count). The summed E-state index contributed by atoms with van der Waals surface area (Å²) in [5, 5.41) is 8.25. The van der Waals surface area contributed by atoms with Gasteiger partial charge in [0.1, 0.15) is 5.75 Å². The summed E-state index contributed by atoms with van der Waals surface area (Å²) >= 11 is 4.97. The number of thiophene rings is 1. The third-order valence-electron chi connectivity index (χ3n) is 2.92. The van der Waals surface area contributed by atoms with Gasteiger partial charge in [0.05, 0.1) is 6.54 Å². The SMILES string of the molecule is CN=C(NCc1cccs1)NCc1cc(Br)ccc1OC(F)F. The fourth-order valence-corrected chi connectivity index (χ4v) is 2.93. The second-order valence-corrected chi connectivity index (χ2v) is 6.44. The highest BCUT2D eigenvalue weighted by Gasteiger charge is 2.10. The Kier molecular flexibility index (Phi) is 6.79. The van der Waals surface area contributed by atoms with E-state index in [0.717, 1.165) is 4.47 Å². The summed E-state index contributed by atoms with van der Waals surface area (Å²) in [7, 11) is 1.65. The van der Waals surface area contributed by atoms with Crippen molar-refractivity contribution < 1.29 is 13.5 Å². The van der Waals surface area contributed by atoms with Crippen LogP contribution in [0.15, 0.2) is 45.2 Å². The Labute approximate surface area is 145 Å². The summed E-state index contributed by atoms with van der Waals surface area (Å²) in [6.07, 6.45) is 0. The fraction of sp³-hybridized carbons (Fsp3) is 0.267. The van der Waals surface area contributed by atoms with Crippen molar-refractivity contribution in [1.82, 2.24) is 10.6 Å². The number of benzene rings is 1. The maximum atomic E-state index is 12.5. The monoisotopic (exact) mass is 403 g/mol. The number of hydrogen-bond donors (Lipinski definition) is 2. The summed E-state index contributed by atoms with van der Waals surface area (Å²) in [6.45, 7) is -1.90. The summed E-state index contributed by atoms with van der Waals surface area (Å²) in [5.41, 5.74) is 0.610. The van der Waals surface area contributed by atoms with E-state index in [9.17, 15) is 8.78 Å². The second-order valence-electron chi connectivity index (χ2n) is 4.49. The van der Waals surface area contributed by atoms with Crippen LogP contribution in [0, 0.1) is 0 Å². The maximum Gasteiger partial charge on any atom is 0.387 e. The topological polar surface area (TPSA) is 45.7 Å². The molecule has 0 aliphatic rings. The summed E-state index contributed by atoms with van der Waals surface area (Å²) < 4.78 is 30.2. The predicted octanol–water partition coefficient (Wildman–Crippen LogP) is 3.98. The molecule has 0 saturated heterocycles. The van der Waals surface area contributed by atoms with Crippen molar-refractivity contribution in [2.45, 2.75) is 19.7 Å². The Bertz CT molecular complexity index is 650. The lowest BCUT2D eigenvalue weighted by Crippen LogP contribution is -2.36. The highest BCUT2D eigenvalue weighted by Crippen LogP contribution is 2.24. The summed E-state index contributed by atoms with van der Waals surface area (Å²) in [6, 6.07) is 8.90. The lowest BCUT2D eigenvalue weighted by Gasteiger charge is -2.14. The van der Waals surface area contributed by atoms with Gasteiger partial charge in [-0.2, -0.15) is 8.78 Å². The molecule has 0 unspecified atom stereocenters. The zero-order valence-corrected chi connectivity index (χ0v) is 14.8. The van der Waals surface area contributed by atoms with Gasteiger partial charge in [-0.25, -0.2) is 0 Å². The van der Waals surface area contributed by atoms with Gasteiger partial charge in [0.2, 0.25) is 0 Å². The molecule has 0 aliphatic carbocycles. The van der Waals surface area contributed by atoms with Crippen LogP contribution in [0.5, 0.6) is 5.75 Å². The molecule has 1 aromatic carbocycles. The lowest BCUT2D eigenvalue weighted by molar-refractivity contribution is -0.0504. The quantitative estimate of drug-likeness (QED) is 0.566. The van der Waals surface area contributed by atoms with Gasteiger partial charge in [0.15, 0.2) is 5.96 Å². The van der Waals surface area contributed by atoms with Crippen molar-refractivity contribution in [2.24, 2.45) is 4.99 Å². The largest absolute Gasteiger partial charge is 0.434 e. The number of hydrogen-bond acceptors (Lipinski definition) is 3. The van der Waals surface area contributed by atoms with E-state index in [-0.39, 0.29) is 5.75 Å². The first-order valence-electron chi connectivity index (χ1n) is 6.78. The van der Waals surface area contributed by atoms with Gasteiger partial charge >= 0.3 is 6.61 Å². The van der Waals surface area contributed by atoms with Crippen LogP contribution < -0.4 is 15.4 Å². The molecule has 0 spiro atoms. The van der Waals surface area contributed by atoms with Gasteiger partial charge in [-0.05, 0) is 29.6 Å². The van der Waals surface area contributed by atoms with E-state index in [4.69, 9.17) is 0 Å². The Morgan fingerprint density at radius 1 is 1.30 bits per heavy atom. The van der Waals surface area contributed by atoms with Crippen LogP contribution in [-0.2, 0) is 13.1 Å². The molecule has 0 saturated carbocycles. The van der Waals surface area contributed by atoms with Crippen LogP contribution >= 0.6 is 27.3 Å². The molecule has 2 aromatic rings. The molecular weight excluding hydrogens is 388 g/mol. The smallest absolute Gasteiger partial charge is 0.387 e. The van der Waals surface area contributed by atoms with Crippen molar-refractivity contribution in [3.05, 3.63) is 50.6 Å². The molecule has 1 heterocycles. The molecule has 2 N–H and O–H groups in total. The van der Waals surface area contributed by atoms with E-state index in [1.807, 2.05) is 17.5 Å². The van der Waals surface area contributed by atoms with Crippen LogP contribution in [0.4, 0.5) is 8.78 Å². The Morgan fingerprint density at radius 2 is 2.09 bits per heavy atom. The minimum Gasteiger partial charge on any atom is -0.434 e. The first-order chi connectivity index (χ1) is 11.1. The molecule has 0 radical (unpaired) electrons. The van der Waals surface area contributed by atoms with Crippen LogP contribution in [0.3, 0.4) is 0 Å². The molecule has 0 aliphatic heterocycles. The lowest BCUT2D eigenvalue weighted by atomic mass is 10.2. The first-order valence-corrected chi connectivity index (χ1v) is 8.46. The number of rotatable bonds is 6. The molecule has 23 heavy (non-hydrogen) atoms. The van der Waals surface area contributed by atoms with Crippen molar-refractivity contribution in [3.8, 4) is 5.75 Å². The minimum atomic E-state index is -2.86. The van der Waals surface area contributed by atoms with E-state index in [0.29, 0.717) is 24.6 Å². The van der Waals surface area contributed by atoms with Crippen LogP contribution in [-0.4, -0.2) is 19.6 Å². The van der Waals surface area contributed by atoms with E-state index in [1.165, 1.54) is 10.9 Å². The number of alkyl halides is 2. The van der Waals surface area contributed by atoms with E-state index < -0.39 is 6.61 Å². The first kappa shape index (κ1) is 17.7. The third kappa shape index (κ3) is 5.80. The normalized spacial score (nSPS) is 11.6. The van der Waals surface area contributed by atoms with Crippen LogP contribution in [0.25, 0.3) is 0 Å². The number of ether oxygens (including phenoxy) is 1. The molecule has 8 heteroatoms. The molecule has 0 fully saturated rings. The fourth-order valence-electron chi connectivity index (χ4n) is 1.88. The summed E-state index contributed by atoms with van der Waals surface area (Å²) in [5.74, 6) is 0.728. The second kappa shape index (κ2) is 8.83.